The van der Waals surface area contributed by atoms with Gasteiger partial charge in [-0.15, -0.1) is 0 Å². The molecule has 0 aliphatic carbocycles. The van der Waals surface area contributed by atoms with Gasteiger partial charge in [-0.1, -0.05) is 35.1 Å². The first-order valence-electron chi connectivity index (χ1n) is 6.94. The Morgan fingerprint density at radius 2 is 2.18 bits per heavy atom. The molecule has 5 nitrogen and oxygen atoms in total. The molecule has 1 fully saturated rings. The number of morpholine rings is 1. The molecule has 0 radical (unpaired) electrons. The van der Waals surface area contributed by atoms with Gasteiger partial charge in [0.25, 0.3) is 5.91 Å². The van der Waals surface area contributed by atoms with E-state index in [1.807, 2.05) is 24.3 Å². The van der Waals surface area contributed by atoms with Crippen LogP contribution in [0.25, 0.3) is 0 Å². The van der Waals surface area contributed by atoms with E-state index in [1.165, 1.54) is 11.3 Å². The van der Waals surface area contributed by atoms with E-state index in [0.29, 0.717) is 40.4 Å². The van der Waals surface area contributed by atoms with Crippen molar-refractivity contribution in [2.24, 2.45) is 0 Å². The summed E-state index contributed by atoms with van der Waals surface area (Å²) in [6.45, 7) is 3.39. The molecule has 1 amide bonds. The minimum Gasteiger partial charge on any atom is -0.375 e. The van der Waals surface area contributed by atoms with E-state index in [2.05, 4.69) is 4.98 Å². The number of nitrogens with two attached hydrogens (primary N) is 1. The number of amides is 1. The molecule has 2 heterocycles. The number of nitrogen functional groups attached to an aromatic ring is 1. The van der Waals surface area contributed by atoms with Crippen molar-refractivity contribution in [1.82, 2.24) is 9.88 Å². The lowest BCUT2D eigenvalue weighted by Crippen LogP contribution is -2.42. The lowest BCUT2D eigenvalue weighted by molar-refractivity contribution is -0.0226. The summed E-state index contributed by atoms with van der Waals surface area (Å²) in [6, 6.07) is 7.51. The quantitative estimate of drug-likeness (QED) is 0.914. The summed E-state index contributed by atoms with van der Waals surface area (Å²) < 4.78 is 5.78. The number of aryl methyl sites for hydroxylation is 1. The maximum Gasteiger partial charge on any atom is 0.266 e. The summed E-state index contributed by atoms with van der Waals surface area (Å²) >= 11 is 7.14. The van der Waals surface area contributed by atoms with E-state index in [9.17, 15) is 4.79 Å². The molecule has 7 heteroatoms. The van der Waals surface area contributed by atoms with Gasteiger partial charge in [0, 0.05) is 11.6 Å². The third-order valence-electron chi connectivity index (χ3n) is 3.60. The van der Waals surface area contributed by atoms with Crippen LogP contribution in [0.1, 0.15) is 27.0 Å². The van der Waals surface area contributed by atoms with Crippen molar-refractivity contribution >= 4 is 34.0 Å². The normalized spacial score (nSPS) is 18.5. The number of benzene rings is 1. The highest BCUT2D eigenvalue weighted by atomic mass is 35.5. The van der Waals surface area contributed by atoms with Crippen LogP contribution in [-0.4, -0.2) is 35.5 Å². The topological polar surface area (TPSA) is 68.5 Å². The Kier molecular flexibility index (Phi) is 4.33. The summed E-state index contributed by atoms with van der Waals surface area (Å²) in [5.74, 6) is -0.0334. The van der Waals surface area contributed by atoms with Crippen LogP contribution in [0.3, 0.4) is 0 Å². The summed E-state index contributed by atoms with van der Waals surface area (Å²) in [4.78, 5) is 19.1. The summed E-state index contributed by atoms with van der Waals surface area (Å²) in [5.41, 5.74) is 7.38. The van der Waals surface area contributed by atoms with Crippen molar-refractivity contribution < 1.29 is 9.53 Å². The van der Waals surface area contributed by atoms with Crippen molar-refractivity contribution in [3.05, 3.63) is 45.4 Å². The van der Waals surface area contributed by atoms with E-state index >= 15 is 0 Å². The Morgan fingerprint density at radius 3 is 2.82 bits per heavy atom. The van der Waals surface area contributed by atoms with Crippen LogP contribution in [0.5, 0.6) is 0 Å². The lowest BCUT2D eigenvalue weighted by atomic mass is 10.1. The number of ether oxygens (including phenoxy) is 1. The second-order valence-corrected chi connectivity index (χ2v) is 6.60. The minimum atomic E-state index is -0.138. The molecule has 0 spiro atoms. The molecule has 0 saturated carbocycles. The maximum absolute atomic E-state index is 12.6. The Hall–Kier alpha value is -1.63. The monoisotopic (exact) mass is 337 g/mol. The highest BCUT2D eigenvalue weighted by Crippen LogP contribution is 2.27. The molecule has 3 rings (SSSR count). The predicted octanol–water partition coefficient (Wildman–Crippen LogP) is 2.90. The van der Waals surface area contributed by atoms with E-state index < -0.39 is 0 Å². The van der Waals surface area contributed by atoms with Gasteiger partial charge in [0.15, 0.2) is 5.13 Å². The zero-order valence-corrected chi connectivity index (χ0v) is 13.7. The Balaban J connectivity index is 1.76. The van der Waals surface area contributed by atoms with Gasteiger partial charge in [0.05, 0.1) is 18.8 Å². The van der Waals surface area contributed by atoms with Gasteiger partial charge in [0.1, 0.15) is 11.0 Å². The highest BCUT2D eigenvalue weighted by molar-refractivity contribution is 7.17. The zero-order valence-electron chi connectivity index (χ0n) is 12.1. The van der Waals surface area contributed by atoms with Gasteiger partial charge < -0.3 is 15.4 Å². The van der Waals surface area contributed by atoms with Crippen LogP contribution in [-0.2, 0) is 4.74 Å². The summed E-state index contributed by atoms with van der Waals surface area (Å²) in [6.07, 6.45) is -0.138. The van der Waals surface area contributed by atoms with Crippen LogP contribution < -0.4 is 5.73 Å². The highest BCUT2D eigenvalue weighted by Gasteiger charge is 2.28. The minimum absolute atomic E-state index is 0.0334. The van der Waals surface area contributed by atoms with Gasteiger partial charge in [-0.25, -0.2) is 4.98 Å². The van der Waals surface area contributed by atoms with Gasteiger partial charge in [-0.05, 0) is 24.6 Å². The third-order valence-corrected chi connectivity index (χ3v) is 4.83. The molecule has 116 valence electrons. The van der Waals surface area contributed by atoms with Crippen molar-refractivity contribution in [3.63, 3.8) is 0 Å². The second kappa shape index (κ2) is 6.24. The Bertz CT molecular complexity index is 687. The fourth-order valence-electron chi connectivity index (χ4n) is 2.47. The number of aromatic nitrogens is 1. The van der Waals surface area contributed by atoms with Gasteiger partial charge in [0.2, 0.25) is 0 Å². The number of rotatable bonds is 2. The molecule has 0 bridgehead atoms. The fraction of sp³-hybridized carbons (Fsp3) is 0.333. The molecule has 2 aromatic rings. The number of nitrogens with zero attached hydrogens (tertiary/aromatic N) is 2. The molecule has 1 aliphatic rings. The molecule has 1 aromatic heterocycles. The number of anilines is 1. The van der Waals surface area contributed by atoms with Crippen molar-refractivity contribution in [1.29, 1.82) is 0 Å². The molecule has 1 unspecified atom stereocenters. The van der Waals surface area contributed by atoms with Crippen molar-refractivity contribution in [2.75, 3.05) is 25.4 Å². The van der Waals surface area contributed by atoms with Crippen LogP contribution in [0.4, 0.5) is 5.13 Å². The number of hydrogen-bond donors (Lipinski definition) is 1. The van der Waals surface area contributed by atoms with Gasteiger partial charge in [-0.3, -0.25) is 4.79 Å². The first kappa shape index (κ1) is 15.3. The number of halogens is 1. The fourth-order valence-corrected chi connectivity index (χ4v) is 3.40. The second-order valence-electron chi connectivity index (χ2n) is 5.13. The van der Waals surface area contributed by atoms with Crippen LogP contribution in [0.15, 0.2) is 24.3 Å². The molecular formula is C15H16ClN3O2S. The predicted molar refractivity (Wildman–Crippen MR) is 87.3 cm³/mol. The third kappa shape index (κ3) is 3.09. The number of thiazole rings is 1. The molecule has 1 aliphatic heterocycles. The van der Waals surface area contributed by atoms with Crippen molar-refractivity contribution in [3.8, 4) is 0 Å². The van der Waals surface area contributed by atoms with Crippen LogP contribution in [0.2, 0.25) is 5.02 Å². The smallest absolute Gasteiger partial charge is 0.266 e. The standard InChI is InChI=1S/C15H16ClN3O2S/c1-9-13(22-15(17)18-9)14(20)19-6-7-21-12(8-19)10-2-4-11(16)5-3-10/h2-5,12H,6-8H2,1H3,(H2,17,18). The zero-order chi connectivity index (χ0) is 15.7. The molecule has 1 saturated heterocycles. The average Bonchev–Trinajstić information content (AvgIpc) is 2.86. The average molecular weight is 338 g/mol. The van der Waals surface area contributed by atoms with Crippen molar-refractivity contribution in [2.45, 2.75) is 13.0 Å². The molecule has 1 aromatic carbocycles. The molecular weight excluding hydrogens is 322 g/mol. The Morgan fingerprint density at radius 1 is 1.45 bits per heavy atom. The van der Waals surface area contributed by atoms with Gasteiger partial charge in [-0.2, -0.15) is 0 Å². The number of carbonyl (C=O) groups is 1. The van der Waals surface area contributed by atoms with Crippen LogP contribution in [0, 0.1) is 6.92 Å². The van der Waals surface area contributed by atoms with E-state index in [-0.39, 0.29) is 12.0 Å². The lowest BCUT2D eigenvalue weighted by Gasteiger charge is -2.33. The SMILES string of the molecule is Cc1nc(N)sc1C(=O)N1CCOC(c2ccc(Cl)cc2)C1. The molecule has 2 N–H and O–H groups in total. The van der Waals surface area contributed by atoms with Gasteiger partial charge >= 0.3 is 0 Å². The molecule has 22 heavy (non-hydrogen) atoms. The number of carbonyl (C=O) groups excluding carboxylic acids is 1. The largest absolute Gasteiger partial charge is 0.375 e. The molecule has 1 atom stereocenters. The summed E-state index contributed by atoms with van der Waals surface area (Å²) in [5, 5.41) is 1.10. The Labute approximate surface area is 137 Å². The first-order valence-corrected chi connectivity index (χ1v) is 8.13. The first-order chi connectivity index (χ1) is 10.5. The van der Waals surface area contributed by atoms with E-state index in [4.69, 9.17) is 22.1 Å². The maximum atomic E-state index is 12.6. The number of hydrogen-bond acceptors (Lipinski definition) is 5. The van der Waals surface area contributed by atoms with Crippen LogP contribution >= 0.6 is 22.9 Å². The van der Waals surface area contributed by atoms with E-state index in [0.717, 1.165) is 5.56 Å². The van der Waals surface area contributed by atoms with E-state index in [1.54, 1.807) is 11.8 Å². The summed E-state index contributed by atoms with van der Waals surface area (Å²) in [7, 11) is 0.